The predicted octanol–water partition coefficient (Wildman–Crippen LogP) is 1.47. The highest BCUT2D eigenvalue weighted by Crippen LogP contribution is 2.21. The first kappa shape index (κ1) is 12.2. The zero-order valence-electron chi connectivity index (χ0n) is 9.32. The highest BCUT2D eigenvalue weighted by atomic mass is 16.5. The Morgan fingerprint density at radius 1 is 1.33 bits per heavy atom. The highest BCUT2D eigenvalue weighted by molar-refractivity contribution is 5.86. The second-order valence-electron chi connectivity index (χ2n) is 3.78. The summed E-state index contributed by atoms with van der Waals surface area (Å²) in [7, 11) is 0. The molecule has 0 radical (unpaired) electrons. The van der Waals surface area contributed by atoms with E-state index >= 15 is 0 Å². The van der Waals surface area contributed by atoms with Gasteiger partial charge >= 0.3 is 5.97 Å². The fraction of sp³-hybridized carbons (Fsp3) is 0.818. The van der Waals surface area contributed by atoms with Crippen molar-refractivity contribution in [1.82, 2.24) is 0 Å². The van der Waals surface area contributed by atoms with Gasteiger partial charge in [-0.2, -0.15) is 0 Å². The number of hydrogen-bond donors (Lipinski definition) is 0. The molecule has 1 aliphatic rings. The summed E-state index contributed by atoms with van der Waals surface area (Å²) in [6.45, 7) is 4.07. The van der Waals surface area contributed by atoms with Crippen LogP contribution in [-0.4, -0.2) is 30.6 Å². The van der Waals surface area contributed by atoms with Gasteiger partial charge in [0.05, 0.1) is 19.1 Å². The van der Waals surface area contributed by atoms with Crippen LogP contribution in [0.15, 0.2) is 0 Å². The SMILES string of the molecule is CCOC(=O)CCC(=O)C1CCC(C)O1. The summed E-state index contributed by atoms with van der Waals surface area (Å²) in [6.07, 6.45) is 1.98. The molecule has 4 heteroatoms. The number of hydrogen-bond acceptors (Lipinski definition) is 4. The minimum absolute atomic E-state index is 0.0207. The van der Waals surface area contributed by atoms with Crippen molar-refractivity contribution >= 4 is 11.8 Å². The number of carbonyl (C=O) groups excluding carboxylic acids is 2. The van der Waals surface area contributed by atoms with Crippen molar-refractivity contribution < 1.29 is 19.1 Å². The first-order chi connectivity index (χ1) is 7.13. The van der Waals surface area contributed by atoms with Crippen molar-refractivity contribution in [2.45, 2.75) is 51.7 Å². The lowest BCUT2D eigenvalue weighted by atomic mass is 10.1. The van der Waals surface area contributed by atoms with Gasteiger partial charge in [0.15, 0.2) is 5.78 Å². The lowest BCUT2D eigenvalue weighted by Gasteiger charge is -2.09. The van der Waals surface area contributed by atoms with Crippen LogP contribution in [0.3, 0.4) is 0 Å². The largest absolute Gasteiger partial charge is 0.466 e. The van der Waals surface area contributed by atoms with E-state index < -0.39 is 0 Å². The average molecular weight is 214 g/mol. The van der Waals surface area contributed by atoms with E-state index in [1.54, 1.807) is 6.92 Å². The summed E-state index contributed by atoms with van der Waals surface area (Å²) in [5.41, 5.74) is 0. The van der Waals surface area contributed by atoms with E-state index in [1.165, 1.54) is 0 Å². The Labute approximate surface area is 89.9 Å². The van der Waals surface area contributed by atoms with Crippen LogP contribution < -0.4 is 0 Å². The van der Waals surface area contributed by atoms with E-state index in [0.717, 1.165) is 12.8 Å². The fourth-order valence-electron chi connectivity index (χ4n) is 1.66. The molecule has 1 saturated heterocycles. The molecule has 1 rings (SSSR count). The van der Waals surface area contributed by atoms with Crippen LogP contribution in [0, 0.1) is 0 Å². The van der Waals surface area contributed by atoms with E-state index in [2.05, 4.69) is 0 Å². The van der Waals surface area contributed by atoms with Gasteiger partial charge in [0.1, 0.15) is 6.10 Å². The summed E-state index contributed by atoms with van der Waals surface area (Å²) in [5, 5.41) is 0. The Hall–Kier alpha value is -0.900. The van der Waals surface area contributed by atoms with Crippen molar-refractivity contribution in [3.8, 4) is 0 Å². The molecule has 0 aromatic rings. The molecule has 1 fully saturated rings. The smallest absolute Gasteiger partial charge is 0.306 e. The van der Waals surface area contributed by atoms with Crippen molar-refractivity contribution in [2.75, 3.05) is 6.61 Å². The van der Waals surface area contributed by atoms with Gasteiger partial charge < -0.3 is 9.47 Å². The van der Waals surface area contributed by atoms with Crippen LogP contribution in [-0.2, 0) is 19.1 Å². The van der Waals surface area contributed by atoms with Gasteiger partial charge in [-0.3, -0.25) is 9.59 Å². The normalized spacial score (nSPS) is 25.2. The van der Waals surface area contributed by atoms with Crippen molar-refractivity contribution in [3.05, 3.63) is 0 Å². The van der Waals surface area contributed by atoms with Gasteiger partial charge in [-0.25, -0.2) is 0 Å². The van der Waals surface area contributed by atoms with E-state index in [-0.39, 0.29) is 36.8 Å². The molecule has 15 heavy (non-hydrogen) atoms. The Kier molecular flexibility index (Phi) is 4.75. The molecule has 1 aliphatic heterocycles. The first-order valence-electron chi connectivity index (χ1n) is 5.47. The standard InChI is InChI=1S/C11H18O4/c1-3-14-11(13)7-5-9(12)10-6-4-8(2)15-10/h8,10H,3-7H2,1-2H3. The van der Waals surface area contributed by atoms with E-state index in [9.17, 15) is 9.59 Å². The Morgan fingerprint density at radius 3 is 2.60 bits per heavy atom. The molecular weight excluding hydrogens is 196 g/mol. The third-order valence-electron chi connectivity index (χ3n) is 2.47. The van der Waals surface area contributed by atoms with E-state index in [4.69, 9.17) is 9.47 Å². The lowest BCUT2D eigenvalue weighted by Crippen LogP contribution is -2.21. The maximum atomic E-state index is 11.6. The summed E-state index contributed by atoms with van der Waals surface area (Å²) >= 11 is 0. The zero-order chi connectivity index (χ0) is 11.3. The molecule has 0 aliphatic carbocycles. The number of esters is 1. The molecule has 4 nitrogen and oxygen atoms in total. The van der Waals surface area contributed by atoms with Crippen LogP contribution in [0.25, 0.3) is 0 Å². The molecule has 0 aromatic heterocycles. The average Bonchev–Trinajstić information content (AvgIpc) is 2.62. The third kappa shape index (κ3) is 4.00. The molecule has 0 aromatic carbocycles. The van der Waals surface area contributed by atoms with Crippen molar-refractivity contribution in [3.63, 3.8) is 0 Å². The van der Waals surface area contributed by atoms with Gasteiger partial charge in [0, 0.05) is 6.42 Å². The second kappa shape index (κ2) is 5.85. The van der Waals surface area contributed by atoms with Gasteiger partial charge in [-0.15, -0.1) is 0 Å². The molecule has 86 valence electrons. The molecule has 2 atom stereocenters. The molecule has 0 saturated carbocycles. The van der Waals surface area contributed by atoms with Crippen molar-refractivity contribution in [1.29, 1.82) is 0 Å². The van der Waals surface area contributed by atoms with Gasteiger partial charge in [-0.05, 0) is 26.7 Å². The number of ketones is 1. The minimum Gasteiger partial charge on any atom is -0.466 e. The molecule has 2 unspecified atom stereocenters. The van der Waals surface area contributed by atoms with Crippen molar-refractivity contribution in [2.24, 2.45) is 0 Å². The Bertz CT molecular complexity index is 237. The van der Waals surface area contributed by atoms with Gasteiger partial charge in [0.25, 0.3) is 0 Å². The zero-order valence-corrected chi connectivity index (χ0v) is 9.32. The highest BCUT2D eigenvalue weighted by Gasteiger charge is 2.27. The van der Waals surface area contributed by atoms with E-state index in [1.807, 2.05) is 6.92 Å². The molecule has 0 amide bonds. The van der Waals surface area contributed by atoms with Gasteiger partial charge in [-0.1, -0.05) is 0 Å². The lowest BCUT2D eigenvalue weighted by molar-refractivity contribution is -0.145. The summed E-state index contributed by atoms with van der Waals surface area (Å²) in [5.74, 6) is -0.288. The quantitative estimate of drug-likeness (QED) is 0.650. The molecule has 0 bridgehead atoms. The summed E-state index contributed by atoms with van der Waals surface area (Å²) in [4.78, 5) is 22.6. The molecule has 0 spiro atoms. The first-order valence-corrected chi connectivity index (χ1v) is 5.47. The number of Topliss-reactive ketones (excluding diaryl/α,β-unsaturated/α-hetero) is 1. The van der Waals surface area contributed by atoms with E-state index in [0.29, 0.717) is 6.61 Å². The minimum atomic E-state index is -0.308. The molecule has 0 N–H and O–H groups in total. The maximum Gasteiger partial charge on any atom is 0.306 e. The fourth-order valence-corrected chi connectivity index (χ4v) is 1.66. The second-order valence-corrected chi connectivity index (χ2v) is 3.78. The number of carbonyl (C=O) groups is 2. The molecule has 1 heterocycles. The monoisotopic (exact) mass is 214 g/mol. The van der Waals surface area contributed by atoms with Crippen LogP contribution in [0.4, 0.5) is 0 Å². The topological polar surface area (TPSA) is 52.6 Å². The van der Waals surface area contributed by atoms with Crippen LogP contribution in [0.5, 0.6) is 0 Å². The van der Waals surface area contributed by atoms with Crippen LogP contribution in [0.1, 0.15) is 39.5 Å². The summed E-state index contributed by atoms with van der Waals surface area (Å²) in [6, 6.07) is 0. The number of rotatable bonds is 5. The third-order valence-corrected chi connectivity index (χ3v) is 2.47. The van der Waals surface area contributed by atoms with Crippen LogP contribution >= 0.6 is 0 Å². The molecular formula is C11H18O4. The van der Waals surface area contributed by atoms with Crippen LogP contribution in [0.2, 0.25) is 0 Å². The maximum absolute atomic E-state index is 11.6. The Balaban J connectivity index is 2.21. The summed E-state index contributed by atoms with van der Waals surface area (Å²) < 4.78 is 10.2. The predicted molar refractivity (Wildman–Crippen MR) is 54.4 cm³/mol. The Morgan fingerprint density at radius 2 is 2.07 bits per heavy atom. The number of ether oxygens (including phenoxy) is 2. The van der Waals surface area contributed by atoms with Gasteiger partial charge in [0.2, 0.25) is 0 Å².